The molecule has 3 N–H and O–H groups in total. The maximum absolute atomic E-state index is 15.6. The van der Waals surface area contributed by atoms with E-state index in [0.717, 1.165) is 18.2 Å². The lowest BCUT2D eigenvalue weighted by atomic mass is 9.93. The fraction of sp³-hybridized carbons (Fsp3) is 0.357. The van der Waals surface area contributed by atoms with E-state index in [9.17, 15) is 36.6 Å². The van der Waals surface area contributed by atoms with Gasteiger partial charge in [-0.25, -0.2) is 18.6 Å². The van der Waals surface area contributed by atoms with Gasteiger partial charge in [-0.05, 0) is 68.5 Å². The molecule has 0 radical (unpaired) electrons. The van der Waals surface area contributed by atoms with E-state index in [1.165, 1.54) is 24.6 Å². The molecule has 0 spiro atoms. The number of allylic oxidation sites excluding steroid dienone is 1. The number of rotatable bonds is 9. The van der Waals surface area contributed by atoms with Gasteiger partial charge in [0.1, 0.15) is 35.2 Å². The van der Waals surface area contributed by atoms with Crippen molar-refractivity contribution >= 4 is 28.7 Å². The number of nitrogens with zero attached hydrogens (tertiary/aromatic N) is 6. The molecule has 3 amide bonds. The van der Waals surface area contributed by atoms with Crippen molar-refractivity contribution in [2.24, 2.45) is 13.0 Å². The maximum atomic E-state index is 15.6. The van der Waals surface area contributed by atoms with E-state index in [4.69, 9.17) is 9.72 Å². The second-order valence-electron chi connectivity index (χ2n) is 15.2. The number of ether oxygens (including phenoxy) is 1. The number of carbonyl (C=O) groups excluding carboxylic acids is 2. The van der Waals surface area contributed by atoms with Crippen molar-refractivity contribution in [3.05, 3.63) is 107 Å². The van der Waals surface area contributed by atoms with Gasteiger partial charge in [-0.3, -0.25) is 19.5 Å². The Hall–Kier alpha value is -6.26. The molecule has 2 unspecified atom stereocenters. The molecular formula is C42H39F7N8O4. The minimum absolute atomic E-state index is 0.0232. The molecule has 0 bridgehead atoms. The average Bonchev–Trinajstić information content (AvgIpc) is 3.81. The number of aryl methyl sites for hydroxylation is 1. The topological polar surface area (TPSA) is 139 Å². The van der Waals surface area contributed by atoms with Crippen LogP contribution in [0.4, 0.5) is 41.3 Å². The number of alkyl halides is 5. The summed E-state index contributed by atoms with van der Waals surface area (Å²) in [5.74, 6) is -2.88. The summed E-state index contributed by atoms with van der Waals surface area (Å²) in [5, 5.41) is 24.3. The van der Waals surface area contributed by atoms with Crippen molar-refractivity contribution in [2.45, 2.75) is 57.0 Å². The van der Waals surface area contributed by atoms with Crippen LogP contribution in [0.1, 0.15) is 53.8 Å². The largest absolute Gasteiger partial charge is 0.435 e. The van der Waals surface area contributed by atoms with Crippen molar-refractivity contribution in [3.63, 3.8) is 0 Å². The number of pyridine rings is 1. The van der Waals surface area contributed by atoms with Crippen molar-refractivity contribution in [1.82, 2.24) is 34.8 Å². The quantitative estimate of drug-likeness (QED) is 0.0857. The monoisotopic (exact) mass is 852 g/mol. The smallest absolute Gasteiger partial charge is 0.378 e. The third-order valence-electron chi connectivity index (χ3n) is 10.2. The molecule has 1 aliphatic heterocycles. The highest BCUT2D eigenvalue weighted by Gasteiger charge is 2.55. The highest BCUT2D eigenvalue weighted by molar-refractivity contribution is 6.04. The fourth-order valence-electron chi connectivity index (χ4n) is 7.57. The number of benzene rings is 2. The molecule has 5 aromatic rings. The highest BCUT2D eigenvalue weighted by Crippen LogP contribution is 2.50. The minimum Gasteiger partial charge on any atom is -0.378 e. The van der Waals surface area contributed by atoms with Crippen LogP contribution in [0.5, 0.6) is 0 Å². The molecule has 12 nitrogen and oxygen atoms in total. The van der Waals surface area contributed by atoms with Gasteiger partial charge in [0.15, 0.2) is 11.5 Å². The predicted molar refractivity (Wildman–Crippen MR) is 208 cm³/mol. The molecule has 3 aromatic heterocycles. The molecule has 4 heterocycles. The summed E-state index contributed by atoms with van der Waals surface area (Å²) in [7, 11) is 1.63. The van der Waals surface area contributed by atoms with E-state index in [0.29, 0.717) is 59.1 Å². The lowest BCUT2D eigenvalue weighted by Crippen LogP contribution is -2.43. The van der Waals surface area contributed by atoms with E-state index in [1.807, 2.05) is 0 Å². The SMILES string of the molecule is C=CC1Cc2c(C(F)(F)F)nn(CC(=O)NC(Cc3cc(F)cc(F)c3)c3nc(C#CC(C)(C)O)ccc3-c3cccc4c(NC(=O)N5CCOCC5)nn(C)c34)c2C1(F)F. The molecule has 2 aromatic carbocycles. The summed E-state index contributed by atoms with van der Waals surface area (Å²) < 4.78 is 110. The van der Waals surface area contributed by atoms with Crippen molar-refractivity contribution < 1.29 is 50.2 Å². The molecule has 320 valence electrons. The van der Waals surface area contributed by atoms with Crippen LogP contribution in [0.2, 0.25) is 0 Å². The lowest BCUT2D eigenvalue weighted by molar-refractivity contribution is -0.142. The van der Waals surface area contributed by atoms with Crippen molar-refractivity contribution in [2.75, 3.05) is 31.6 Å². The van der Waals surface area contributed by atoms with E-state index >= 15 is 8.78 Å². The number of para-hydroxylation sites is 1. The zero-order chi connectivity index (χ0) is 44.0. The molecule has 2 atom stereocenters. The minimum atomic E-state index is -5.12. The zero-order valence-electron chi connectivity index (χ0n) is 33.0. The number of urea groups is 1. The highest BCUT2D eigenvalue weighted by atomic mass is 19.4. The third-order valence-corrected chi connectivity index (χ3v) is 10.2. The van der Waals surface area contributed by atoms with E-state index in [1.54, 1.807) is 36.2 Å². The molecule has 0 saturated carbocycles. The Balaban J connectivity index is 1.35. The van der Waals surface area contributed by atoms with Gasteiger partial charge in [-0.15, -0.1) is 6.58 Å². The van der Waals surface area contributed by atoms with Crippen LogP contribution in [0.3, 0.4) is 0 Å². The lowest BCUT2D eigenvalue weighted by Gasteiger charge is -2.26. The van der Waals surface area contributed by atoms with Gasteiger partial charge in [0.25, 0.3) is 5.92 Å². The Kier molecular flexibility index (Phi) is 11.5. The van der Waals surface area contributed by atoms with Gasteiger partial charge < -0.3 is 20.1 Å². The molecular weight excluding hydrogens is 813 g/mol. The number of morpholine rings is 1. The summed E-state index contributed by atoms with van der Waals surface area (Å²) in [4.78, 5) is 33.5. The summed E-state index contributed by atoms with van der Waals surface area (Å²) in [6.45, 7) is 6.59. The van der Waals surface area contributed by atoms with Crippen molar-refractivity contribution in [1.29, 1.82) is 0 Å². The second-order valence-corrected chi connectivity index (χ2v) is 15.2. The summed E-state index contributed by atoms with van der Waals surface area (Å²) in [6, 6.07) is 9.12. The Morgan fingerprint density at radius 2 is 1.77 bits per heavy atom. The van der Waals surface area contributed by atoms with Crippen LogP contribution in [0, 0.1) is 29.4 Å². The Labute approximate surface area is 344 Å². The zero-order valence-corrected chi connectivity index (χ0v) is 33.0. The first kappa shape index (κ1) is 42.8. The van der Waals surface area contributed by atoms with Crippen LogP contribution in [-0.4, -0.2) is 78.4 Å². The van der Waals surface area contributed by atoms with Gasteiger partial charge in [0, 0.05) is 48.3 Å². The third kappa shape index (κ3) is 8.96. The van der Waals surface area contributed by atoms with E-state index < -0.39 is 83.1 Å². The second kappa shape index (κ2) is 16.3. The number of carbonyl (C=O) groups is 2. The molecule has 61 heavy (non-hydrogen) atoms. The number of halogens is 7. The molecule has 1 aliphatic carbocycles. The standard InChI is InChI=1S/C42H39F7N8O4/c1-5-24-20-31-36(42(47,48)49)53-57(37(31)41(24,45)46)22-33(58)51-32(19-23-17-25(43)21-26(44)18-23)34-28(10-9-27(50-34)11-12-40(2,3)60)29-7-6-8-30-35(29)55(4)54-38(30)52-39(59)56-13-15-61-16-14-56/h5-10,17-18,21,24,32,60H,1,13-16,19-20,22H2,2-4H3,(H,51,58)(H,52,54,59). The summed E-state index contributed by atoms with van der Waals surface area (Å²) in [6.07, 6.45) is -5.35. The van der Waals surface area contributed by atoms with Crippen molar-refractivity contribution in [3.8, 4) is 23.0 Å². The first-order valence-electron chi connectivity index (χ1n) is 19.0. The average molecular weight is 853 g/mol. The number of nitrogens with one attached hydrogen (secondary N) is 2. The molecule has 19 heteroatoms. The number of fused-ring (bicyclic) bond motifs is 2. The van der Waals surface area contributed by atoms with Crippen LogP contribution in [-0.2, 0) is 48.1 Å². The predicted octanol–water partition coefficient (Wildman–Crippen LogP) is 6.67. The van der Waals surface area contributed by atoms with Gasteiger partial charge in [0.2, 0.25) is 5.91 Å². The number of amides is 3. The molecule has 1 fully saturated rings. The normalized spacial score (nSPS) is 16.8. The van der Waals surface area contributed by atoms with Gasteiger partial charge >= 0.3 is 12.2 Å². The fourth-order valence-corrected chi connectivity index (χ4v) is 7.57. The Morgan fingerprint density at radius 3 is 2.43 bits per heavy atom. The van der Waals surface area contributed by atoms with Gasteiger partial charge in [0.05, 0.1) is 36.4 Å². The van der Waals surface area contributed by atoms with Gasteiger partial charge in [-0.2, -0.15) is 32.1 Å². The first-order chi connectivity index (χ1) is 28.7. The number of aliphatic hydroxyl groups is 1. The van der Waals surface area contributed by atoms with E-state index in [-0.39, 0.29) is 29.2 Å². The molecule has 7 rings (SSSR count). The van der Waals surface area contributed by atoms with Crippen LogP contribution in [0.15, 0.2) is 61.2 Å². The number of anilines is 1. The van der Waals surface area contributed by atoms with E-state index in [2.05, 4.69) is 39.3 Å². The Bertz CT molecular complexity index is 2580. The Morgan fingerprint density at radius 1 is 1.07 bits per heavy atom. The number of hydrogen-bond donors (Lipinski definition) is 3. The number of hydrogen-bond acceptors (Lipinski definition) is 7. The summed E-state index contributed by atoms with van der Waals surface area (Å²) >= 11 is 0. The first-order valence-corrected chi connectivity index (χ1v) is 19.0. The van der Waals surface area contributed by atoms with Crippen LogP contribution in [0.25, 0.3) is 22.0 Å². The molecule has 2 aliphatic rings. The maximum Gasteiger partial charge on any atom is 0.435 e. The van der Waals surface area contributed by atoms with Gasteiger partial charge in [-0.1, -0.05) is 24.1 Å². The summed E-state index contributed by atoms with van der Waals surface area (Å²) in [5.41, 5.74) is -3.48. The van der Waals surface area contributed by atoms with Crippen LogP contribution < -0.4 is 10.6 Å². The van der Waals surface area contributed by atoms with Crippen LogP contribution >= 0.6 is 0 Å². The number of aromatic nitrogens is 5. The molecule has 1 saturated heterocycles.